The minimum absolute atomic E-state index is 0.164. The van der Waals surface area contributed by atoms with Crippen LogP contribution in [0.15, 0.2) is 12.7 Å². The van der Waals surface area contributed by atoms with Crippen molar-refractivity contribution in [2.75, 3.05) is 13.2 Å². The van der Waals surface area contributed by atoms with Crippen molar-refractivity contribution in [2.45, 2.75) is 19.3 Å². The largest absolute Gasteiger partial charge is 0.381 e. The lowest BCUT2D eigenvalue weighted by Gasteiger charge is -2.20. The summed E-state index contributed by atoms with van der Waals surface area (Å²) in [6, 6.07) is 0. The zero-order valence-electron chi connectivity index (χ0n) is 6.71. The second kappa shape index (κ2) is 4.29. The third-order valence-corrected chi connectivity index (χ3v) is 2.06. The van der Waals surface area contributed by atoms with E-state index in [-0.39, 0.29) is 5.78 Å². The first-order valence-corrected chi connectivity index (χ1v) is 4.06. The van der Waals surface area contributed by atoms with E-state index in [1.165, 1.54) is 6.08 Å². The van der Waals surface area contributed by atoms with E-state index in [4.69, 9.17) is 4.74 Å². The van der Waals surface area contributed by atoms with Crippen LogP contribution in [0.5, 0.6) is 0 Å². The van der Waals surface area contributed by atoms with E-state index in [9.17, 15) is 4.79 Å². The molecule has 1 aliphatic heterocycles. The Kier molecular flexibility index (Phi) is 3.30. The second-order valence-corrected chi connectivity index (χ2v) is 2.93. The molecule has 0 radical (unpaired) electrons. The maximum absolute atomic E-state index is 10.9. The van der Waals surface area contributed by atoms with Crippen molar-refractivity contribution in [2.24, 2.45) is 5.92 Å². The highest BCUT2D eigenvalue weighted by Gasteiger charge is 2.15. The van der Waals surface area contributed by atoms with Crippen molar-refractivity contribution in [1.29, 1.82) is 0 Å². The number of carbonyl (C=O) groups excluding carboxylic acids is 1. The van der Waals surface area contributed by atoms with Gasteiger partial charge in [-0.3, -0.25) is 4.79 Å². The topological polar surface area (TPSA) is 26.3 Å². The highest BCUT2D eigenvalue weighted by atomic mass is 16.5. The Hall–Kier alpha value is -0.630. The lowest BCUT2D eigenvalue weighted by atomic mass is 9.94. The van der Waals surface area contributed by atoms with Crippen molar-refractivity contribution in [3.8, 4) is 0 Å². The number of ether oxygens (including phenoxy) is 1. The molecular formula is C9H14O2. The molecule has 0 saturated carbocycles. The average molecular weight is 154 g/mol. The summed E-state index contributed by atoms with van der Waals surface area (Å²) in [5.41, 5.74) is 0. The number of carbonyl (C=O) groups is 1. The molecule has 0 unspecified atom stereocenters. The van der Waals surface area contributed by atoms with Crippen LogP contribution in [-0.2, 0) is 9.53 Å². The minimum atomic E-state index is 0.164. The molecule has 0 bridgehead atoms. The summed E-state index contributed by atoms with van der Waals surface area (Å²) < 4.78 is 5.18. The first-order valence-electron chi connectivity index (χ1n) is 4.06. The maximum atomic E-state index is 10.9. The smallest absolute Gasteiger partial charge is 0.155 e. The normalized spacial score (nSPS) is 19.6. The molecule has 0 spiro atoms. The molecular weight excluding hydrogens is 140 g/mol. The van der Waals surface area contributed by atoms with E-state index >= 15 is 0 Å². The molecule has 2 nitrogen and oxygen atoms in total. The molecule has 0 amide bonds. The van der Waals surface area contributed by atoms with Crippen LogP contribution in [0.4, 0.5) is 0 Å². The minimum Gasteiger partial charge on any atom is -0.381 e. The summed E-state index contributed by atoms with van der Waals surface area (Å²) in [5, 5.41) is 0. The standard InChI is InChI=1S/C9H14O2/c1-2-9(10)7-8-3-5-11-6-4-8/h2,8H,1,3-7H2. The molecule has 1 rings (SSSR count). The van der Waals surface area contributed by atoms with Crippen LogP contribution in [0.25, 0.3) is 0 Å². The molecule has 0 atom stereocenters. The highest BCUT2D eigenvalue weighted by Crippen LogP contribution is 2.18. The predicted octanol–water partition coefficient (Wildman–Crippen LogP) is 1.56. The fourth-order valence-electron chi connectivity index (χ4n) is 1.32. The lowest BCUT2D eigenvalue weighted by Crippen LogP contribution is -2.17. The van der Waals surface area contributed by atoms with E-state index in [0.717, 1.165) is 26.1 Å². The van der Waals surface area contributed by atoms with E-state index in [2.05, 4.69) is 6.58 Å². The van der Waals surface area contributed by atoms with Gasteiger partial charge in [0.15, 0.2) is 5.78 Å². The van der Waals surface area contributed by atoms with Crippen LogP contribution in [0, 0.1) is 5.92 Å². The van der Waals surface area contributed by atoms with Gasteiger partial charge in [0.05, 0.1) is 0 Å². The van der Waals surface area contributed by atoms with Gasteiger partial charge in [-0.15, -0.1) is 0 Å². The van der Waals surface area contributed by atoms with Crippen LogP contribution >= 0.6 is 0 Å². The summed E-state index contributed by atoms with van der Waals surface area (Å²) >= 11 is 0. The van der Waals surface area contributed by atoms with Gasteiger partial charge in [-0.2, -0.15) is 0 Å². The van der Waals surface area contributed by atoms with Crippen LogP contribution in [0.2, 0.25) is 0 Å². The van der Waals surface area contributed by atoms with Crippen LogP contribution < -0.4 is 0 Å². The van der Waals surface area contributed by atoms with Gasteiger partial charge in [-0.1, -0.05) is 6.58 Å². The molecule has 0 aromatic carbocycles. The molecule has 2 heteroatoms. The SMILES string of the molecule is C=CC(=O)CC1CCOCC1. The Morgan fingerprint density at radius 3 is 2.73 bits per heavy atom. The van der Waals surface area contributed by atoms with E-state index < -0.39 is 0 Å². The summed E-state index contributed by atoms with van der Waals surface area (Å²) in [6.45, 7) is 5.07. The monoisotopic (exact) mass is 154 g/mol. The highest BCUT2D eigenvalue weighted by molar-refractivity contribution is 5.89. The second-order valence-electron chi connectivity index (χ2n) is 2.93. The zero-order valence-corrected chi connectivity index (χ0v) is 6.71. The molecule has 11 heavy (non-hydrogen) atoms. The molecule has 1 heterocycles. The van der Waals surface area contributed by atoms with Gasteiger partial charge in [0.2, 0.25) is 0 Å². The number of hydrogen-bond donors (Lipinski definition) is 0. The van der Waals surface area contributed by atoms with Crippen molar-refractivity contribution in [1.82, 2.24) is 0 Å². The van der Waals surface area contributed by atoms with Crippen molar-refractivity contribution in [3.05, 3.63) is 12.7 Å². The van der Waals surface area contributed by atoms with Crippen LogP contribution in [0.3, 0.4) is 0 Å². The number of hydrogen-bond acceptors (Lipinski definition) is 2. The molecule has 62 valence electrons. The van der Waals surface area contributed by atoms with Crippen LogP contribution in [-0.4, -0.2) is 19.0 Å². The summed E-state index contributed by atoms with van der Waals surface area (Å²) in [5.74, 6) is 0.700. The molecule has 0 aromatic heterocycles. The Morgan fingerprint density at radius 1 is 1.55 bits per heavy atom. The molecule has 1 fully saturated rings. The molecule has 0 aliphatic carbocycles. The Morgan fingerprint density at radius 2 is 2.18 bits per heavy atom. The number of allylic oxidation sites excluding steroid dienone is 1. The van der Waals surface area contributed by atoms with Gasteiger partial charge < -0.3 is 4.74 Å². The quantitative estimate of drug-likeness (QED) is 0.576. The predicted molar refractivity (Wildman–Crippen MR) is 43.4 cm³/mol. The van der Waals surface area contributed by atoms with E-state index in [1.807, 2.05) is 0 Å². The molecule has 0 N–H and O–H groups in total. The Labute approximate surface area is 67.2 Å². The third kappa shape index (κ3) is 2.85. The lowest BCUT2D eigenvalue weighted by molar-refractivity contribution is -0.116. The van der Waals surface area contributed by atoms with Gasteiger partial charge in [-0.05, 0) is 24.8 Å². The van der Waals surface area contributed by atoms with Gasteiger partial charge in [0.25, 0.3) is 0 Å². The molecule has 1 saturated heterocycles. The summed E-state index contributed by atoms with van der Waals surface area (Å²) in [4.78, 5) is 10.9. The van der Waals surface area contributed by atoms with Gasteiger partial charge in [0, 0.05) is 19.6 Å². The van der Waals surface area contributed by atoms with E-state index in [1.54, 1.807) is 0 Å². The number of rotatable bonds is 3. The fraction of sp³-hybridized carbons (Fsp3) is 0.667. The maximum Gasteiger partial charge on any atom is 0.155 e. The first-order chi connectivity index (χ1) is 5.33. The van der Waals surface area contributed by atoms with Crippen molar-refractivity contribution >= 4 is 5.78 Å². The van der Waals surface area contributed by atoms with Crippen LogP contribution in [0.1, 0.15) is 19.3 Å². The first kappa shape index (κ1) is 8.47. The third-order valence-electron chi connectivity index (χ3n) is 2.06. The van der Waals surface area contributed by atoms with Crippen molar-refractivity contribution < 1.29 is 9.53 Å². The number of ketones is 1. The molecule has 0 aromatic rings. The van der Waals surface area contributed by atoms with Gasteiger partial charge in [0.1, 0.15) is 0 Å². The van der Waals surface area contributed by atoms with Gasteiger partial charge >= 0.3 is 0 Å². The van der Waals surface area contributed by atoms with Crippen molar-refractivity contribution in [3.63, 3.8) is 0 Å². The fourth-order valence-corrected chi connectivity index (χ4v) is 1.32. The summed E-state index contributed by atoms with van der Waals surface area (Å²) in [6.07, 6.45) is 4.13. The molecule has 1 aliphatic rings. The summed E-state index contributed by atoms with van der Waals surface area (Å²) in [7, 11) is 0. The Balaban J connectivity index is 2.24. The zero-order chi connectivity index (χ0) is 8.10. The Bertz CT molecular complexity index is 146. The van der Waals surface area contributed by atoms with Gasteiger partial charge in [-0.25, -0.2) is 0 Å². The van der Waals surface area contributed by atoms with E-state index in [0.29, 0.717) is 12.3 Å². The average Bonchev–Trinajstić information content (AvgIpc) is 2.06.